The number of rotatable bonds is 5. The summed E-state index contributed by atoms with van der Waals surface area (Å²) in [6.07, 6.45) is 4.91. The van der Waals surface area contributed by atoms with Crippen molar-refractivity contribution in [2.45, 2.75) is 6.54 Å². The van der Waals surface area contributed by atoms with Gasteiger partial charge in [0, 0.05) is 31.2 Å². The van der Waals surface area contributed by atoms with Crippen LogP contribution in [-0.2, 0) is 6.54 Å². The molecule has 0 saturated heterocycles. The number of anilines is 1. The fourth-order valence-electron chi connectivity index (χ4n) is 1.96. The smallest absolute Gasteiger partial charge is 0.219 e. The van der Waals surface area contributed by atoms with Gasteiger partial charge < -0.3 is 10.1 Å². The van der Waals surface area contributed by atoms with E-state index in [0.29, 0.717) is 23.2 Å². The molecular formula is C17H13ClFN3O. The number of aromatic nitrogens is 2. The SMILES string of the molecule is Fc1ccc(Oc2cc(CNc3ccncc3Cl)ccn2)cc1. The minimum absolute atomic E-state index is 0.308. The van der Waals surface area contributed by atoms with Crippen LogP contribution in [-0.4, -0.2) is 9.97 Å². The van der Waals surface area contributed by atoms with E-state index in [1.165, 1.54) is 12.1 Å². The molecular weight excluding hydrogens is 317 g/mol. The Hall–Kier alpha value is -2.66. The second kappa shape index (κ2) is 7.07. The Kier molecular flexibility index (Phi) is 4.68. The monoisotopic (exact) mass is 329 g/mol. The lowest BCUT2D eigenvalue weighted by Gasteiger charge is -2.09. The second-order valence-electron chi connectivity index (χ2n) is 4.77. The van der Waals surface area contributed by atoms with E-state index in [1.54, 1.807) is 36.8 Å². The molecule has 23 heavy (non-hydrogen) atoms. The number of ether oxygens (including phenoxy) is 1. The standard InChI is InChI=1S/C17H13ClFN3O/c18-15-11-20-7-6-16(15)22-10-12-5-8-21-17(9-12)23-14-3-1-13(19)2-4-14/h1-9,11H,10H2,(H,20,22). The first kappa shape index (κ1) is 15.2. The largest absolute Gasteiger partial charge is 0.439 e. The van der Waals surface area contributed by atoms with Gasteiger partial charge in [0.15, 0.2) is 0 Å². The minimum Gasteiger partial charge on any atom is -0.439 e. The first-order valence-corrected chi connectivity index (χ1v) is 7.30. The number of hydrogen-bond donors (Lipinski definition) is 1. The average molecular weight is 330 g/mol. The van der Waals surface area contributed by atoms with Crippen LogP contribution in [0.1, 0.15) is 5.56 Å². The van der Waals surface area contributed by atoms with Crippen molar-refractivity contribution >= 4 is 17.3 Å². The Bertz CT molecular complexity index is 796. The van der Waals surface area contributed by atoms with E-state index in [4.69, 9.17) is 16.3 Å². The number of halogens is 2. The van der Waals surface area contributed by atoms with Gasteiger partial charge in [0.1, 0.15) is 11.6 Å². The Morgan fingerprint density at radius 1 is 1.09 bits per heavy atom. The lowest BCUT2D eigenvalue weighted by molar-refractivity contribution is 0.460. The van der Waals surface area contributed by atoms with Gasteiger partial charge in [0.2, 0.25) is 5.88 Å². The van der Waals surface area contributed by atoms with Gasteiger partial charge in [-0.3, -0.25) is 4.98 Å². The zero-order valence-corrected chi connectivity index (χ0v) is 12.8. The molecule has 0 unspecified atom stereocenters. The van der Waals surface area contributed by atoms with Gasteiger partial charge in [-0.2, -0.15) is 0 Å². The number of benzene rings is 1. The lowest BCUT2D eigenvalue weighted by Crippen LogP contribution is -2.01. The summed E-state index contributed by atoms with van der Waals surface area (Å²) in [5.74, 6) is 0.662. The number of pyridine rings is 2. The van der Waals surface area contributed by atoms with Crippen LogP contribution in [0.25, 0.3) is 0 Å². The molecule has 4 nitrogen and oxygen atoms in total. The molecule has 0 aliphatic rings. The highest BCUT2D eigenvalue weighted by atomic mass is 35.5. The highest BCUT2D eigenvalue weighted by Crippen LogP contribution is 2.22. The van der Waals surface area contributed by atoms with Gasteiger partial charge >= 0.3 is 0 Å². The van der Waals surface area contributed by atoms with Gasteiger partial charge in [-0.05, 0) is 42.0 Å². The number of nitrogens with one attached hydrogen (secondary N) is 1. The summed E-state index contributed by atoms with van der Waals surface area (Å²) < 4.78 is 18.5. The van der Waals surface area contributed by atoms with Crippen molar-refractivity contribution in [3.63, 3.8) is 0 Å². The molecule has 3 rings (SSSR count). The summed E-state index contributed by atoms with van der Waals surface area (Å²) in [7, 11) is 0. The lowest BCUT2D eigenvalue weighted by atomic mass is 10.2. The third kappa shape index (κ3) is 4.17. The number of nitrogens with zero attached hydrogens (tertiary/aromatic N) is 2. The summed E-state index contributed by atoms with van der Waals surface area (Å²) in [5, 5.41) is 3.78. The molecule has 2 aromatic heterocycles. The number of hydrogen-bond acceptors (Lipinski definition) is 4. The highest BCUT2D eigenvalue weighted by Gasteiger charge is 2.03. The maximum Gasteiger partial charge on any atom is 0.219 e. The minimum atomic E-state index is -0.308. The third-order valence-corrected chi connectivity index (χ3v) is 3.39. The van der Waals surface area contributed by atoms with Crippen molar-refractivity contribution < 1.29 is 9.13 Å². The average Bonchev–Trinajstić information content (AvgIpc) is 2.57. The Labute approximate surface area is 137 Å². The van der Waals surface area contributed by atoms with Crippen LogP contribution < -0.4 is 10.1 Å². The third-order valence-electron chi connectivity index (χ3n) is 3.09. The van der Waals surface area contributed by atoms with Crippen LogP contribution in [0.3, 0.4) is 0 Å². The maximum atomic E-state index is 12.9. The van der Waals surface area contributed by atoms with E-state index in [2.05, 4.69) is 15.3 Å². The summed E-state index contributed by atoms with van der Waals surface area (Å²) in [6.45, 7) is 0.562. The topological polar surface area (TPSA) is 47.0 Å². The van der Waals surface area contributed by atoms with E-state index < -0.39 is 0 Å². The molecule has 0 fully saturated rings. The molecule has 0 aliphatic heterocycles. The van der Waals surface area contributed by atoms with Crippen LogP contribution in [0.4, 0.5) is 10.1 Å². The molecule has 3 aromatic rings. The summed E-state index contributed by atoms with van der Waals surface area (Å²) in [6, 6.07) is 11.3. The maximum absolute atomic E-state index is 12.9. The molecule has 0 radical (unpaired) electrons. The predicted molar refractivity (Wildman–Crippen MR) is 87.3 cm³/mol. The molecule has 1 aromatic carbocycles. The van der Waals surface area contributed by atoms with Crippen molar-refractivity contribution in [1.29, 1.82) is 0 Å². The van der Waals surface area contributed by atoms with Gasteiger partial charge in [-0.15, -0.1) is 0 Å². The fourth-order valence-corrected chi connectivity index (χ4v) is 2.14. The van der Waals surface area contributed by atoms with Crippen LogP contribution in [0.5, 0.6) is 11.6 Å². The van der Waals surface area contributed by atoms with E-state index >= 15 is 0 Å². The molecule has 6 heteroatoms. The van der Waals surface area contributed by atoms with Crippen molar-refractivity contribution in [2.75, 3.05) is 5.32 Å². The van der Waals surface area contributed by atoms with Crippen LogP contribution in [0.15, 0.2) is 61.1 Å². The van der Waals surface area contributed by atoms with E-state index in [-0.39, 0.29) is 5.82 Å². The normalized spacial score (nSPS) is 10.3. The quantitative estimate of drug-likeness (QED) is 0.738. The van der Waals surface area contributed by atoms with Crippen LogP contribution in [0, 0.1) is 5.82 Å². The van der Waals surface area contributed by atoms with Crippen LogP contribution >= 0.6 is 11.6 Å². The molecule has 0 atom stereocenters. The summed E-state index contributed by atoms with van der Waals surface area (Å²) in [4.78, 5) is 8.09. The zero-order valence-electron chi connectivity index (χ0n) is 12.0. The molecule has 0 spiro atoms. The Morgan fingerprint density at radius 2 is 1.91 bits per heavy atom. The Morgan fingerprint density at radius 3 is 2.70 bits per heavy atom. The van der Waals surface area contributed by atoms with Crippen molar-refractivity contribution in [1.82, 2.24) is 9.97 Å². The van der Waals surface area contributed by atoms with E-state index in [9.17, 15) is 4.39 Å². The summed E-state index contributed by atoms with van der Waals surface area (Å²) in [5.41, 5.74) is 1.78. The predicted octanol–water partition coefficient (Wildman–Crippen LogP) is 4.67. The fraction of sp³-hybridized carbons (Fsp3) is 0.0588. The van der Waals surface area contributed by atoms with E-state index in [1.807, 2.05) is 12.1 Å². The second-order valence-corrected chi connectivity index (χ2v) is 5.17. The highest BCUT2D eigenvalue weighted by molar-refractivity contribution is 6.33. The van der Waals surface area contributed by atoms with Gasteiger partial charge in [0.05, 0.1) is 10.7 Å². The van der Waals surface area contributed by atoms with Crippen molar-refractivity contribution in [3.8, 4) is 11.6 Å². The molecule has 0 bridgehead atoms. The molecule has 1 N–H and O–H groups in total. The first-order chi connectivity index (χ1) is 11.2. The molecule has 0 saturated carbocycles. The van der Waals surface area contributed by atoms with E-state index in [0.717, 1.165) is 11.3 Å². The van der Waals surface area contributed by atoms with Crippen molar-refractivity contribution in [3.05, 3.63) is 77.5 Å². The van der Waals surface area contributed by atoms with Gasteiger partial charge in [0.25, 0.3) is 0 Å². The van der Waals surface area contributed by atoms with Crippen molar-refractivity contribution in [2.24, 2.45) is 0 Å². The molecule has 116 valence electrons. The summed E-state index contributed by atoms with van der Waals surface area (Å²) >= 11 is 6.05. The van der Waals surface area contributed by atoms with Gasteiger partial charge in [-0.25, -0.2) is 9.37 Å². The first-order valence-electron chi connectivity index (χ1n) is 6.92. The molecule has 0 aliphatic carbocycles. The molecule has 0 amide bonds. The zero-order chi connectivity index (χ0) is 16.1. The van der Waals surface area contributed by atoms with Gasteiger partial charge in [-0.1, -0.05) is 11.6 Å². The molecule has 2 heterocycles. The van der Waals surface area contributed by atoms with Crippen LogP contribution in [0.2, 0.25) is 5.02 Å². The Balaban J connectivity index is 1.67.